The molecule has 0 radical (unpaired) electrons. The average Bonchev–Trinajstić information content (AvgIpc) is 2.80. The number of halogens is 1. The average molecular weight is 330 g/mol. The quantitative estimate of drug-likeness (QED) is 0.708. The lowest BCUT2D eigenvalue weighted by molar-refractivity contribution is 0.0942. The van der Waals surface area contributed by atoms with Crippen LogP contribution in [0.4, 0.5) is 5.82 Å². The van der Waals surface area contributed by atoms with E-state index in [1.54, 1.807) is 31.4 Å². The van der Waals surface area contributed by atoms with Gasteiger partial charge in [-0.1, -0.05) is 23.7 Å². The van der Waals surface area contributed by atoms with Gasteiger partial charge < -0.3 is 21.5 Å². The topological polar surface area (TPSA) is 127 Å². The molecule has 8 heteroatoms. The second-order valence-corrected chi connectivity index (χ2v) is 5.37. The van der Waals surface area contributed by atoms with E-state index in [-0.39, 0.29) is 27.7 Å². The molecule has 0 spiro atoms. The van der Waals surface area contributed by atoms with Crippen LogP contribution in [0.5, 0.6) is 5.75 Å². The molecule has 0 saturated heterocycles. The van der Waals surface area contributed by atoms with Gasteiger partial charge in [0.15, 0.2) is 0 Å². The predicted octanol–water partition coefficient (Wildman–Crippen LogP) is 1.10. The van der Waals surface area contributed by atoms with E-state index < -0.39 is 11.6 Å². The van der Waals surface area contributed by atoms with Crippen LogP contribution in [-0.2, 0) is 5.66 Å². The molecule has 23 heavy (non-hydrogen) atoms. The summed E-state index contributed by atoms with van der Waals surface area (Å²) in [6.07, 6.45) is 0. The summed E-state index contributed by atoms with van der Waals surface area (Å²) in [4.78, 5) is 16.1. The maximum atomic E-state index is 12.3. The summed E-state index contributed by atoms with van der Waals surface area (Å²) in [5, 5.41) is 12.0. The summed E-state index contributed by atoms with van der Waals surface area (Å²) in [5.74, 6) is 0.0634. The molecule has 0 bridgehead atoms. The molecule has 2 aromatic rings. The fraction of sp³-hybridized carbons (Fsp3) is 0.133. The lowest BCUT2D eigenvalue weighted by atomic mass is 9.89. The summed E-state index contributed by atoms with van der Waals surface area (Å²) in [6, 6.07) is 8.73. The van der Waals surface area contributed by atoms with Crippen LogP contribution in [0, 0.1) is 11.3 Å². The molecular formula is C15H12ClN5O2. The minimum atomic E-state index is -1.43. The molecule has 0 saturated carbocycles. The lowest BCUT2D eigenvalue weighted by Gasteiger charge is -2.27. The van der Waals surface area contributed by atoms with Crippen LogP contribution < -0.4 is 21.5 Å². The van der Waals surface area contributed by atoms with Crippen molar-refractivity contribution < 1.29 is 9.53 Å². The van der Waals surface area contributed by atoms with Crippen LogP contribution in [0.3, 0.4) is 0 Å². The van der Waals surface area contributed by atoms with E-state index in [1.165, 1.54) is 0 Å². The number of pyridine rings is 1. The normalized spacial score (nSPS) is 19.0. The molecule has 1 atom stereocenters. The fourth-order valence-electron chi connectivity index (χ4n) is 2.67. The first-order chi connectivity index (χ1) is 10.9. The number of hydrogen-bond donors (Lipinski definition) is 3. The molecule has 1 aliphatic rings. The van der Waals surface area contributed by atoms with E-state index >= 15 is 0 Å². The van der Waals surface area contributed by atoms with Gasteiger partial charge in [0.25, 0.3) is 5.91 Å². The van der Waals surface area contributed by atoms with E-state index in [4.69, 9.17) is 27.8 Å². The van der Waals surface area contributed by atoms with Gasteiger partial charge in [-0.25, -0.2) is 4.98 Å². The van der Waals surface area contributed by atoms with E-state index in [0.29, 0.717) is 11.3 Å². The van der Waals surface area contributed by atoms with E-state index in [1.807, 2.05) is 6.07 Å². The largest absolute Gasteiger partial charge is 0.497 e. The zero-order valence-electron chi connectivity index (χ0n) is 12.1. The first kappa shape index (κ1) is 15.1. The predicted molar refractivity (Wildman–Crippen MR) is 83.8 cm³/mol. The smallest absolute Gasteiger partial charge is 0.257 e. The van der Waals surface area contributed by atoms with Crippen molar-refractivity contribution in [3.05, 3.63) is 51.7 Å². The molecule has 116 valence electrons. The SMILES string of the molecule is COc1ccc(C2(N)NC(=O)c3c(N)nc(Cl)c(C#N)c32)cc1. The Morgan fingerprint density at radius 3 is 2.61 bits per heavy atom. The number of carbonyl (C=O) groups is 1. The van der Waals surface area contributed by atoms with Crippen LogP contribution >= 0.6 is 11.6 Å². The Hall–Kier alpha value is -2.82. The van der Waals surface area contributed by atoms with E-state index in [9.17, 15) is 10.1 Å². The van der Waals surface area contributed by atoms with Gasteiger partial charge in [-0.3, -0.25) is 4.79 Å². The van der Waals surface area contributed by atoms with Crippen LogP contribution in [0.15, 0.2) is 24.3 Å². The minimum Gasteiger partial charge on any atom is -0.497 e. The molecule has 2 heterocycles. The highest BCUT2D eigenvalue weighted by atomic mass is 35.5. The second-order valence-electron chi connectivity index (χ2n) is 5.02. The fourth-order valence-corrected chi connectivity index (χ4v) is 2.90. The summed E-state index contributed by atoms with van der Waals surface area (Å²) in [7, 11) is 1.54. The van der Waals surface area contributed by atoms with Crippen molar-refractivity contribution in [2.24, 2.45) is 5.73 Å². The standard InChI is InChI=1S/C15H12ClN5O2/c1-23-8-4-2-7(3-5-8)15(19)11-9(6-17)12(16)20-13(18)10(11)14(22)21-15/h2-5H,19H2,1H3,(H2,18,20)(H,21,22). The Morgan fingerprint density at radius 1 is 1.39 bits per heavy atom. The number of hydrogen-bond acceptors (Lipinski definition) is 6. The number of rotatable bonds is 2. The van der Waals surface area contributed by atoms with Crippen LogP contribution in [0.1, 0.15) is 27.0 Å². The number of ether oxygens (including phenoxy) is 1. The zero-order valence-corrected chi connectivity index (χ0v) is 12.8. The number of nitrogens with zero attached hydrogens (tertiary/aromatic N) is 2. The molecule has 1 amide bonds. The number of benzene rings is 1. The first-order valence-electron chi connectivity index (χ1n) is 6.58. The van der Waals surface area contributed by atoms with Crippen LogP contribution in [0.25, 0.3) is 0 Å². The third-order valence-electron chi connectivity index (χ3n) is 3.77. The monoisotopic (exact) mass is 329 g/mol. The van der Waals surface area contributed by atoms with Gasteiger partial charge in [-0.2, -0.15) is 5.26 Å². The number of anilines is 1. The molecule has 3 rings (SSSR count). The van der Waals surface area contributed by atoms with Crippen LogP contribution in [-0.4, -0.2) is 18.0 Å². The number of carbonyl (C=O) groups excluding carboxylic acids is 1. The van der Waals surface area contributed by atoms with Crippen molar-refractivity contribution >= 4 is 23.3 Å². The Kier molecular flexibility index (Phi) is 3.36. The van der Waals surface area contributed by atoms with Crippen molar-refractivity contribution in [2.75, 3.05) is 12.8 Å². The van der Waals surface area contributed by atoms with Crippen molar-refractivity contribution in [1.82, 2.24) is 10.3 Å². The first-order valence-corrected chi connectivity index (χ1v) is 6.95. The Labute approximate surface area is 136 Å². The Bertz CT molecular complexity index is 860. The van der Waals surface area contributed by atoms with Gasteiger partial charge in [0, 0.05) is 5.56 Å². The van der Waals surface area contributed by atoms with Gasteiger partial charge in [-0.05, 0) is 17.7 Å². The van der Waals surface area contributed by atoms with Crippen molar-refractivity contribution in [1.29, 1.82) is 5.26 Å². The lowest BCUT2D eigenvalue weighted by Crippen LogP contribution is -2.49. The van der Waals surface area contributed by atoms with Gasteiger partial charge >= 0.3 is 0 Å². The number of nitrogens with one attached hydrogen (secondary N) is 1. The number of fused-ring (bicyclic) bond motifs is 1. The third-order valence-corrected chi connectivity index (χ3v) is 4.04. The van der Waals surface area contributed by atoms with Gasteiger partial charge in [-0.15, -0.1) is 0 Å². The third kappa shape index (κ3) is 2.08. The maximum Gasteiger partial charge on any atom is 0.257 e. The number of aromatic nitrogens is 1. The summed E-state index contributed by atoms with van der Waals surface area (Å²) < 4.78 is 5.11. The van der Waals surface area contributed by atoms with Crippen molar-refractivity contribution in [2.45, 2.75) is 5.66 Å². The molecule has 0 fully saturated rings. The summed E-state index contributed by atoms with van der Waals surface area (Å²) in [6.45, 7) is 0. The van der Waals surface area contributed by atoms with Gasteiger partial charge in [0.05, 0.1) is 18.2 Å². The van der Waals surface area contributed by atoms with Crippen LogP contribution in [0.2, 0.25) is 5.15 Å². The summed E-state index contributed by atoms with van der Waals surface area (Å²) in [5.41, 5.74) is 11.7. The molecular weight excluding hydrogens is 318 g/mol. The molecule has 1 aromatic carbocycles. The molecule has 0 aliphatic carbocycles. The molecule has 1 unspecified atom stereocenters. The van der Waals surface area contributed by atoms with Gasteiger partial charge in [0.2, 0.25) is 0 Å². The highest BCUT2D eigenvalue weighted by molar-refractivity contribution is 6.31. The van der Waals surface area contributed by atoms with E-state index in [0.717, 1.165) is 0 Å². The second kappa shape index (κ2) is 5.12. The highest BCUT2D eigenvalue weighted by Gasteiger charge is 2.46. The molecule has 1 aromatic heterocycles. The number of nitriles is 1. The highest BCUT2D eigenvalue weighted by Crippen LogP contribution is 2.39. The number of methoxy groups -OCH3 is 1. The van der Waals surface area contributed by atoms with Crippen molar-refractivity contribution in [3.63, 3.8) is 0 Å². The number of nitrogens with two attached hydrogens (primary N) is 2. The molecule has 5 N–H and O–H groups in total. The zero-order chi connectivity index (χ0) is 16.8. The van der Waals surface area contributed by atoms with Gasteiger partial charge in [0.1, 0.15) is 28.5 Å². The molecule has 7 nitrogen and oxygen atoms in total. The Morgan fingerprint density at radius 2 is 2.04 bits per heavy atom. The van der Waals surface area contributed by atoms with E-state index in [2.05, 4.69) is 10.3 Å². The Balaban J connectivity index is 2.29. The summed E-state index contributed by atoms with van der Waals surface area (Å²) >= 11 is 6.00. The number of nitrogen functional groups attached to an aromatic ring is 1. The minimum absolute atomic E-state index is 0.0209. The number of amides is 1. The maximum absolute atomic E-state index is 12.3. The van der Waals surface area contributed by atoms with Crippen molar-refractivity contribution in [3.8, 4) is 11.8 Å². The molecule has 1 aliphatic heterocycles.